The van der Waals surface area contributed by atoms with E-state index in [1.165, 1.54) is 18.2 Å². The maximum absolute atomic E-state index is 13.9. The molecule has 7 nitrogen and oxygen atoms in total. The molecule has 138 valence electrons. The van der Waals surface area contributed by atoms with Gasteiger partial charge in [-0.1, -0.05) is 0 Å². The lowest BCUT2D eigenvalue weighted by Gasteiger charge is -2.26. The Morgan fingerprint density at radius 1 is 1.16 bits per heavy atom. The molecule has 1 aliphatic rings. The second kappa shape index (κ2) is 10.1. The van der Waals surface area contributed by atoms with Crippen molar-refractivity contribution in [3.05, 3.63) is 24.0 Å². The topological polar surface area (TPSA) is 96.7 Å². The van der Waals surface area contributed by atoms with Crippen LogP contribution in [0.15, 0.2) is 18.2 Å². The first kappa shape index (κ1) is 19.3. The van der Waals surface area contributed by atoms with Crippen molar-refractivity contribution >= 4 is 23.2 Å². The second-order valence-corrected chi connectivity index (χ2v) is 5.89. The van der Waals surface area contributed by atoms with Gasteiger partial charge in [-0.05, 0) is 31.2 Å². The molecule has 2 amide bonds. The molecule has 0 unspecified atom stereocenters. The third-order valence-corrected chi connectivity index (χ3v) is 3.89. The van der Waals surface area contributed by atoms with Crippen LogP contribution in [0.5, 0.6) is 0 Å². The van der Waals surface area contributed by atoms with Crippen LogP contribution < -0.4 is 16.4 Å². The van der Waals surface area contributed by atoms with E-state index in [-0.39, 0.29) is 23.9 Å². The van der Waals surface area contributed by atoms with Crippen LogP contribution in [0, 0.1) is 5.82 Å². The molecule has 0 aromatic heterocycles. The Bertz CT molecular complexity index is 591. The molecule has 8 heteroatoms. The Balaban J connectivity index is 1.86. The Morgan fingerprint density at radius 2 is 1.88 bits per heavy atom. The molecule has 0 spiro atoms. The predicted molar refractivity (Wildman–Crippen MR) is 93.8 cm³/mol. The van der Waals surface area contributed by atoms with Crippen molar-refractivity contribution in [2.75, 3.05) is 50.0 Å². The van der Waals surface area contributed by atoms with Crippen LogP contribution in [0.25, 0.3) is 0 Å². The predicted octanol–water partition coefficient (Wildman–Crippen LogP) is 1.16. The fourth-order valence-corrected chi connectivity index (χ4v) is 2.48. The summed E-state index contributed by atoms with van der Waals surface area (Å²) in [5.41, 5.74) is 5.86. The average Bonchev–Trinajstić information content (AvgIpc) is 2.62. The van der Waals surface area contributed by atoms with E-state index >= 15 is 0 Å². The number of anilines is 2. The van der Waals surface area contributed by atoms with E-state index in [0.717, 1.165) is 13.1 Å². The highest BCUT2D eigenvalue weighted by atomic mass is 19.1. The molecule has 4 N–H and O–H groups in total. The summed E-state index contributed by atoms with van der Waals surface area (Å²) in [6.45, 7) is 3.97. The lowest BCUT2D eigenvalue weighted by atomic mass is 10.2. The summed E-state index contributed by atoms with van der Waals surface area (Å²) < 4.78 is 19.1. The first-order valence-corrected chi connectivity index (χ1v) is 8.48. The van der Waals surface area contributed by atoms with Crippen molar-refractivity contribution in [1.82, 2.24) is 4.90 Å². The maximum atomic E-state index is 13.9. The first-order chi connectivity index (χ1) is 12.1. The highest BCUT2D eigenvalue weighted by Gasteiger charge is 2.13. The minimum absolute atomic E-state index is 0.0589. The largest absolute Gasteiger partial charge is 0.379 e. The Morgan fingerprint density at radius 3 is 2.60 bits per heavy atom. The maximum Gasteiger partial charge on any atom is 0.225 e. The number of hydrogen-bond donors (Lipinski definition) is 3. The summed E-state index contributed by atoms with van der Waals surface area (Å²) in [6, 6.07) is 4.09. The van der Waals surface area contributed by atoms with E-state index in [9.17, 15) is 14.0 Å². The van der Waals surface area contributed by atoms with Gasteiger partial charge in [0.25, 0.3) is 0 Å². The van der Waals surface area contributed by atoms with Crippen LogP contribution in [-0.4, -0.2) is 56.1 Å². The minimum Gasteiger partial charge on any atom is -0.379 e. The number of nitrogens with zero attached hydrogens (tertiary/aromatic N) is 1. The molecule has 25 heavy (non-hydrogen) atoms. The van der Waals surface area contributed by atoms with Crippen molar-refractivity contribution in [3.63, 3.8) is 0 Å². The number of carbonyl (C=O) groups is 2. The van der Waals surface area contributed by atoms with Gasteiger partial charge in [0.15, 0.2) is 0 Å². The van der Waals surface area contributed by atoms with Crippen LogP contribution in [0.1, 0.15) is 19.3 Å². The lowest BCUT2D eigenvalue weighted by Crippen LogP contribution is -2.38. The molecule has 1 aromatic carbocycles. The summed E-state index contributed by atoms with van der Waals surface area (Å²) in [6.07, 6.45) is 1.15. The zero-order valence-corrected chi connectivity index (χ0v) is 14.2. The van der Waals surface area contributed by atoms with Crippen LogP contribution in [-0.2, 0) is 14.3 Å². The molecular weight excluding hydrogens is 327 g/mol. The van der Waals surface area contributed by atoms with E-state index < -0.39 is 5.82 Å². The quantitative estimate of drug-likeness (QED) is 0.652. The summed E-state index contributed by atoms with van der Waals surface area (Å²) >= 11 is 0. The number of benzene rings is 1. The van der Waals surface area contributed by atoms with Gasteiger partial charge in [0.05, 0.1) is 18.9 Å². The number of amides is 2. The molecule has 1 aromatic rings. The second-order valence-electron chi connectivity index (χ2n) is 5.89. The molecule has 1 heterocycles. The van der Waals surface area contributed by atoms with E-state index in [4.69, 9.17) is 10.5 Å². The van der Waals surface area contributed by atoms with Crippen molar-refractivity contribution in [2.24, 2.45) is 5.73 Å². The van der Waals surface area contributed by atoms with Gasteiger partial charge >= 0.3 is 0 Å². The Kier molecular flexibility index (Phi) is 7.77. The molecule has 0 bridgehead atoms. The number of nitrogens with one attached hydrogen (secondary N) is 2. The molecule has 0 radical (unpaired) electrons. The molecule has 2 rings (SSSR count). The van der Waals surface area contributed by atoms with Gasteiger partial charge < -0.3 is 21.1 Å². The van der Waals surface area contributed by atoms with Gasteiger partial charge in [0.1, 0.15) is 5.82 Å². The number of nitrogens with two attached hydrogens (primary N) is 1. The lowest BCUT2D eigenvalue weighted by molar-refractivity contribution is -0.117. The van der Waals surface area contributed by atoms with Gasteiger partial charge in [-0.3, -0.25) is 14.5 Å². The number of ether oxygens (including phenoxy) is 1. The fraction of sp³-hybridized carbons (Fsp3) is 0.529. The normalized spacial score (nSPS) is 15.0. The number of carbonyl (C=O) groups excluding carboxylic acids is 2. The Hall–Kier alpha value is -2.03. The minimum atomic E-state index is -0.542. The third kappa shape index (κ3) is 6.77. The molecule has 1 fully saturated rings. The molecule has 0 aliphatic carbocycles. The van der Waals surface area contributed by atoms with Crippen molar-refractivity contribution in [3.8, 4) is 0 Å². The van der Waals surface area contributed by atoms with Crippen LogP contribution >= 0.6 is 0 Å². The monoisotopic (exact) mass is 352 g/mol. The summed E-state index contributed by atoms with van der Waals surface area (Å²) in [4.78, 5) is 25.9. The number of hydrogen-bond acceptors (Lipinski definition) is 5. The van der Waals surface area contributed by atoms with Gasteiger partial charge in [0, 0.05) is 38.2 Å². The molecule has 0 saturated carbocycles. The van der Waals surface area contributed by atoms with Crippen LogP contribution in [0.4, 0.5) is 15.8 Å². The fourth-order valence-electron chi connectivity index (χ4n) is 2.48. The SMILES string of the molecule is NCCCC(=O)Nc1ccc(F)c(NC(=O)CCN2CCOCC2)c1. The van der Waals surface area contributed by atoms with Crippen molar-refractivity contribution in [1.29, 1.82) is 0 Å². The van der Waals surface area contributed by atoms with Gasteiger partial charge in [-0.2, -0.15) is 0 Å². The van der Waals surface area contributed by atoms with Crippen molar-refractivity contribution < 1.29 is 18.7 Å². The third-order valence-electron chi connectivity index (χ3n) is 3.89. The van der Waals surface area contributed by atoms with Gasteiger partial charge in [0.2, 0.25) is 11.8 Å². The van der Waals surface area contributed by atoms with Gasteiger partial charge in [-0.25, -0.2) is 4.39 Å². The summed E-state index contributed by atoms with van der Waals surface area (Å²) in [7, 11) is 0. The summed E-state index contributed by atoms with van der Waals surface area (Å²) in [5, 5.41) is 5.23. The zero-order chi connectivity index (χ0) is 18.1. The van der Waals surface area contributed by atoms with E-state index in [1.54, 1.807) is 0 Å². The molecule has 1 aliphatic heterocycles. The van der Waals surface area contributed by atoms with E-state index in [2.05, 4.69) is 15.5 Å². The van der Waals surface area contributed by atoms with E-state index in [0.29, 0.717) is 44.8 Å². The van der Waals surface area contributed by atoms with Gasteiger partial charge in [-0.15, -0.1) is 0 Å². The van der Waals surface area contributed by atoms with Crippen LogP contribution in [0.3, 0.4) is 0 Å². The smallest absolute Gasteiger partial charge is 0.225 e. The highest BCUT2D eigenvalue weighted by molar-refractivity contribution is 5.94. The standard InChI is InChI=1S/C17H25FN4O3/c18-14-4-3-13(20-16(23)2-1-6-19)12-15(14)21-17(24)5-7-22-8-10-25-11-9-22/h3-4,12H,1-2,5-11,19H2,(H,20,23)(H,21,24). The molecule has 1 saturated heterocycles. The summed E-state index contributed by atoms with van der Waals surface area (Å²) in [5.74, 6) is -1.00. The Labute approximate surface area is 146 Å². The highest BCUT2D eigenvalue weighted by Crippen LogP contribution is 2.20. The zero-order valence-electron chi connectivity index (χ0n) is 14.2. The molecule has 0 atom stereocenters. The first-order valence-electron chi connectivity index (χ1n) is 8.48. The van der Waals surface area contributed by atoms with Crippen LogP contribution in [0.2, 0.25) is 0 Å². The number of halogens is 1. The average molecular weight is 352 g/mol. The van der Waals surface area contributed by atoms with E-state index in [1.807, 2.05) is 0 Å². The molecular formula is C17H25FN4O3. The number of morpholine rings is 1. The number of rotatable bonds is 8. The van der Waals surface area contributed by atoms with Crippen molar-refractivity contribution in [2.45, 2.75) is 19.3 Å².